The van der Waals surface area contributed by atoms with Crippen LogP contribution in [-0.4, -0.2) is 68.1 Å². The molecule has 1 saturated carbocycles. The summed E-state index contributed by atoms with van der Waals surface area (Å²) in [7, 11) is 4.92. The fourth-order valence-electron chi connectivity index (χ4n) is 2.29. The maximum atomic E-state index is 12.5. The summed E-state index contributed by atoms with van der Waals surface area (Å²) in [5, 5.41) is 0. The zero-order chi connectivity index (χ0) is 14.5. The Labute approximate surface area is 114 Å². The van der Waals surface area contributed by atoms with Crippen molar-refractivity contribution in [2.45, 2.75) is 31.2 Å². The number of carbonyl (C=O) groups is 2. The van der Waals surface area contributed by atoms with Crippen molar-refractivity contribution in [2.75, 3.05) is 40.9 Å². The lowest BCUT2D eigenvalue weighted by Crippen LogP contribution is -2.56. The van der Waals surface area contributed by atoms with Gasteiger partial charge < -0.3 is 20.3 Å². The summed E-state index contributed by atoms with van der Waals surface area (Å²) in [6.07, 6.45) is 3.35. The lowest BCUT2D eigenvalue weighted by molar-refractivity contribution is -0.143. The molecule has 6 nitrogen and oxygen atoms in total. The van der Waals surface area contributed by atoms with E-state index in [9.17, 15) is 9.59 Å². The molecule has 0 aromatic rings. The Bertz CT molecular complexity index is 325. The first-order chi connectivity index (χ1) is 8.90. The second-order valence-corrected chi connectivity index (χ2v) is 5.37. The van der Waals surface area contributed by atoms with Crippen molar-refractivity contribution in [1.29, 1.82) is 0 Å². The molecule has 0 saturated heterocycles. The number of hydrogen-bond donors (Lipinski definition) is 1. The van der Waals surface area contributed by atoms with Gasteiger partial charge >= 0.3 is 0 Å². The number of rotatable bonds is 6. The van der Waals surface area contributed by atoms with E-state index in [1.807, 2.05) is 0 Å². The first-order valence-corrected chi connectivity index (χ1v) is 6.68. The summed E-state index contributed by atoms with van der Waals surface area (Å²) < 4.78 is 5.00. The molecular formula is C13H25N3O3. The van der Waals surface area contributed by atoms with Crippen molar-refractivity contribution in [3.63, 3.8) is 0 Å². The molecule has 1 aliphatic carbocycles. The second kappa shape index (κ2) is 6.86. The van der Waals surface area contributed by atoms with Gasteiger partial charge in [-0.05, 0) is 12.8 Å². The predicted molar refractivity (Wildman–Crippen MR) is 72.5 cm³/mol. The third-order valence-electron chi connectivity index (χ3n) is 3.60. The van der Waals surface area contributed by atoms with Gasteiger partial charge in [-0.15, -0.1) is 0 Å². The minimum atomic E-state index is -0.791. The lowest BCUT2D eigenvalue weighted by Gasteiger charge is -2.31. The van der Waals surface area contributed by atoms with E-state index >= 15 is 0 Å². The van der Waals surface area contributed by atoms with E-state index in [1.54, 1.807) is 21.2 Å². The van der Waals surface area contributed by atoms with Gasteiger partial charge in [-0.25, -0.2) is 0 Å². The maximum absolute atomic E-state index is 12.5. The number of nitrogens with two attached hydrogens (primary N) is 1. The molecule has 0 radical (unpaired) electrons. The molecule has 1 fully saturated rings. The summed E-state index contributed by atoms with van der Waals surface area (Å²) >= 11 is 0. The van der Waals surface area contributed by atoms with Crippen LogP contribution in [0, 0.1) is 0 Å². The van der Waals surface area contributed by atoms with Crippen LogP contribution in [0.1, 0.15) is 25.7 Å². The smallest absolute Gasteiger partial charge is 0.243 e. The van der Waals surface area contributed by atoms with Gasteiger partial charge in [0.1, 0.15) is 0 Å². The van der Waals surface area contributed by atoms with Gasteiger partial charge in [-0.1, -0.05) is 12.8 Å². The molecule has 0 aromatic carbocycles. The molecule has 0 spiro atoms. The Morgan fingerprint density at radius 1 is 1.26 bits per heavy atom. The molecule has 6 heteroatoms. The minimum Gasteiger partial charge on any atom is -0.383 e. The number of methoxy groups -OCH3 is 1. The van der Waals surface area contributed by atoms with Gasteiger partial charge in [0.15, 0.2) is 0 Å². The van der Waals surface area contributed by atoms with Gasteiger partial charge in [-0.3, -0.25) is 9.59 Å². The standard InChI is InChI=1S/C13H25N3O3/c1-15(2)11(17)10-16(8-9-19-3)12(18)13(14)6-4-5-7-13/h4-10,14H2,1-3H3. The topological polar surface area (TPSA) is 75.9 Å². The molecule has 0 bridgehead atoms. The van der Waals surface area contributed by atoms with Crippen molar-refractivity contribution in [3.05, 3.63) is 0 Å². The van der Waals surface area contributed by atoms with E-state index in [-0.39, 0.29) is 18.4 Å². The van der Waals surface area contributed by atoms with Gasteiger partial charge in [0, 0.05) is 27.7 Å². The van der Waals surface area contributed by atoms with Crippen LogP contribution in [0.3, 0.4) is 0 Å². The van der Waals surface area contributed by atoms with Crippen molar-refractivity contribution in [2.24, 2.45) is 5.73 Å². The summed E-state index contributed by atoms with van der Waals surface area (Å²) in [6.45, 7) is 0.866. The fraction of sp³-hybridized carbons (Fsp3) is 0.846. The highest BCUT2D eigenvalue weighted by Crippen LogP contribution is 2.28. The van der Waals surface area contributed by atoms with Crippen LogP contribution >= 0.6 is 0 Å². The van der Waals surface area contributed by atoms with E-state index in [4.69, 9.17) is 10.5 Å². The highest BCUT2D eigenvalue weighted by molar-refractivity contribution is 5.90. The summed E-state index contributed by atoms with van der Waals surface area (Å²) in [4.78, 5) is 27.3. The average Bonchev–Trinajstić information content (AvgIpc) is 2.81. The number of hydrogen-bond acceptors (Lipinski definition) is 4. The molecule has 19 heavy (non-hydrogen) atoms. The highest BCUT2D eigenvalue weighted by atomic mass is 16.5. The normalized spacial score (nSPS) is 17.3. The first kappa shape index (κ1) is 15.9. The van der Waals surface area contributed by atoms with Crippen molar-refractivity contribution >= 4 is 11.8 Å². The zero-order valence-electron chi connectivity index (χ0n) is 12.1. The van der Waals surface area contributed by atoms with Gasteiger partial charge in [-0.2, -0.15) is 0 Å². The molecule has 0 aromatic heterocycles. The molecule has 1 aliphatic rings. The van der Waals surface area contributed by atoms with E-state index in [2.05, 4.69) is 0 Å². The van der Waals surface area contributed by atoms with Crippen LogP contribution < -0.4 is 5.73 Å². The van der Waals surface area contributed by atoms with Crippen LogP contribution in [0.2, 0.25) is 0 Å². The summed E-state index contributed by atoms with van der Waals surface area (Å²) in [5.41, 5.74) is 5.38. The molecule has 110 valence electrons. The second-order valence-electron chi connectivity index (χ2n) is 5.37. The van der Waals surface area contributed by atoms with Crippen LogP contribution in [0.4, 0.5) is 0 Å². The average molecular weight is 271 g/mol. The maximum Gasteiger partial charge on any atom is 0.243 e. The van der Waals surface area contributed by atoms with Crippen molar-refractivity contribution in [1.82, 2.24) is 9.80 Å². The predicted octanol–water partition coefficient (Wildman–Crippen LogP) is -0.179. The zero-order valence-corrected chi connectivity index (χ0v) is 12.1. The van der Waals surface area contributed by atoms with Crippen LogP contribution in [0.15, 0.2) is 0 Å². The SMILES string of the molecule is COCCN(CC(=O)N(C)C)C(=O)C1(N)CCCC1. The Hall–Kier alpha value is -1.14. The Balaban J connectivity index is 2.72. The Morgan fingerprint density at radius 2 is 1.84 bits per heavy atom. The van der Waals surface area contributed by atoms with E-state index in [1.165, 1.54) is 9.80 Å². The highest BCUT2D eigenvalue weighted by Gasteiger charge is 2.40. The number of nitrogens with zero attached hydrogens (tertiary/aromatic N) is 2. The minimum absolute atomic E-state index is 0.0636. The number of amides is 2. The molecule has 0 atom stereocenters. The third-order valence-corrected chi connectivity index (χ3v) is 3.60. The summed E-state index contributed by atoms with van der Waals surface area (Å²) in [6, 6.07) is 0. The lowest BCUT2D eigenvalue weighted by atomic mass is 9.97. The van der Waals surface area contributed by atoms with E-state index in [0.717, 1.165) is 12.8 Å². The van der Waals surface area contributed by atoms with Gasteiger partial charge in [0.25, 0.3) is 0 Å². The van der Waals surface area contributed by atoms with E-state index < -0.39 is 5.54 Å². The quantitative estimate of drug-likeness (QED) is 0.727. The van der Waals surface area contributed by atoms with Crippen molar-refractivity contribution < 1.29 is 14.3 Å². The Morgan fingerprint density at radius 3 is 2.32 bits per heavy atom. The molecule has 2 amide bonds. The summed E-state index contributed by atoms with van der Waals surface area (Å²) in [5.74, 6) is -0.233. The first-order valence-electron chi connectivity index (χ1n) is 6.68. The van der Waals surface area contributed by atoms with Gasteiger partial charge in [0.05, 0.1) is 18.7 Å². The molecule has 1 rings (SSSR count). The molecule has 0 aliphatic heterocycles. The number of carbonyl (C=O) groups excluding carboxylic acids is 2. The van der Waals surface area contributed by atoms with Crippen LogP contribution in [-0.2, 0) is 14.3 Å². The number of likely N-dealkylation sites (N-methyl/N-ethyl adjacent to an activating group) is 1. The third kappa shape index (κ3) is 4.18. The monoisotopic (exact) mass is 271 g/mol. The molecule has 0 unspecified atom stereocenters. The fourth-order valence-corrected chi connectivity index (χ4v) is 2.29. The number of ether oxygens (including phenoxy) is 1. The van der Waals surface area contributed by atoms with Crippen molar-refractivity contribution in [3.8, 4) is 0 Å². The molecular weight excluding hydrogens is 246 g/mol. The van der Waals surface area contributed by atoms with Crippen LogP contribution in [0.25, 0.3) is 0 Å². The Kier molecular flexibility index (Phi) is 5.75. The molecule has 0 heterocycles. The van der Waals surface area contributed by atoms with Gasteiger partial charge in [0.2, 0.25) is 11.8 Å². The van der Waals surface area contributed by atoms with E-state index in [0.29, 0.717) is 26.0 Å². The molecule has 2 N–H and O–H groups in total. The van der Waals surface area contributed by atoms with Crippen LogP contribution in [0.5, 0.6) is 0 Å². The largest absolute Gasteiger partial charge is 0.383 e.